The number of hydrogen-bond acceptors (Lipinski definition) is 3. The number of carbonyl (C=O) groups excluding carboxylic acids is 1. The fourth-order valence-electron chi connectivity index (χ4n) is 2.88. The molecule has 4 nitrogen and oxygen atoms in total. The Morgan fingerprint density at radius 3 is 2.46 bits per heavy atom. The summed E-state index contributed by atoms with van der Waals surface area (Å²) in [7, 11) is 0. The van der Waals surface area contributed by atoms with Crippen molar-refractivity contribution in [1.29, 1.82) is 0 Å². The number of alkyl halides is 3. The van der Waals surface area contributed by atoms with Gasteiger partial charge in [0, 0.05) is 5.39 Å². The third kappa shape index (κ3) is 3.46. The van der Waals surface area contributed by atoms with Gasteiger partial charge < -0.3 is 4.42 Å². The van der Waals surface area contributed by atoms with Crippen molar-refractivity contribution < 1.29 is 22.4 Å². The molecule has 0 unspecified atom stereocenters. The standard InChI is InChI=1S/C21H13F3N2O2/c22-21(23,24)15-8-5-13(6-9-15)12-25-26-20(27)19-11-17-16-4-2-1-3-14(16)7-10-18(17)28-19/h1-12H,(H,26,27)/b25-12+. The van der Waals surface area contributed by atoms with Gasteiger partial charge in [-0.15, -0.1) is 0 Å². The number of nitrogens with zero attached hydrogens (tertiary/aromatic N) is 1. The molecule has 4 rings (SSSR count). The molecule has 140 valence electrons. The Labute approximate surface area is 157 Å². The maximum absolute atomic E-state index is 12.5. The van der Waals surface area contributed by atoms with E-state index in [1.807, 2.05) is 30.3 Å². The predicted octanol–water partition coefficient (Wildman–Crippen LogP) is 5.37. The van der Waals surface area contributed by atoms with E-state index in [0.29, 0.717) is 11.1 Å². The number of amides is 1. The van der Waals surface area contributed by atoms with Crippen LogP contribution in [0.1, 0.15) is 21.7 Å². The van der Waals surface area contributed by atoms with E-state index in [9.17, 15) is 18.0 Å². The summed E-state index contributed by atoms with van der Waals surface area (Å²) in [5, 5.41) is 6.59. The van der Waals surface area contributed by atoms with Gasteiger partial charge in [-0.1, -0.05) is 42.5 Å². The van der Waals surface area contributed by atoms with Crippen molar-refractivity contribution in [3.63, 3.8) is 0 Å². The van der Waals surface area contributed by atoms with Gasteiger partial charge in [-0.3, -0.25) is 4.79 Å². The monoisotopic (exact) mass is 382 g/mol. The first-order chi connectivity index (χ1) is 13.4. The maximum atomic E-state index is 12.5. The van der Waals surface area contributed by atoms with E-state index < -0.39 is 17.6 Å². The molecule has 0 fully saturated rings. The van der Waals surface area contributed by atoms with Crippen molar-refractivity contribution in [3.8, 4) is 0 Å². The second-order valence-electron chi connectivity index (χ2n) is 6.13. The van der Waals surface area contributed by atoms with Crippen molar-refractivity contribution in [2.24, 2.45) is 5.10 Å². The highest BCUT2D eigenvalue weighted by Gasteiger charge is 2.29. The molecule has 1 N–H and O–H groups in total. The number of carbonyl (C=O) groups is 1. The average molecular weight is 382 g/mol. The van der Waals surface area contributed by atoms with E-state index in [2.05, 4.69) is 10.5 Å². The van der Waals surface area contributed by atoms with Crippen LogP contribution in [0.3, 0.4) is 0 Å². The van der Waals surface area contributed by atoms with Crippen molar-refractivity contribution in [3.05, 3.63) is 83.6 Å². The quantitative estimate of drug-likeness (QED) is 0.383. The van der Waals surface area contributed by atoms with E-state index in [-0.39, 0.29) is 5.76 Å². The van der Waals surface area contributed by atoms with Crippen LogP contribution in [-0.2, 0) is 6.18 Å². The van der Waals surface area contributed by atoms with Gasteiger partial charge >= 0.3 is 12.1 Å². The van der Waals surface area contributed by atoms with Gasteiger partial charge in [0.1, 0.15) is 5.58 Å². The Morgan fingerprint density at radius 1 is 0.964 bits per heavy atom. The molecule has 0 aliphatic rings. The molecule has 1 heterocycles. The molecular formula is C21H13F3N2O2. The van der Waals surface area contributed by atoms with Gasteiger partial charge in [0.15, 0.2) is 5.76 Å². The highest BCUT2D eigenvalue weighted by molar-refractivity contribution is 6.08. The first kappa shape index (κ1) is 17.8. The molecule has 0 atom stereocenters. The highest BCUT2D eigenvalue weighted by atomic mass is 19.4. The van der Waals surface area contributed by atoms with Gasteiger partial charge in [-0.25, -0.2) is 5.43 Å². The molecule has 1 aromatic heterocycles. The Hall–Kier alpha value is -3.61. The number of nitrogens with one attached hydrogen (secondary N) is 1. The number of hydrogen-bond donors (Lipinski definition) is 1. The Bertz CT molecular complexity index is 1190. The Balaban J connectivity index is 1.51. The average Bonchev–Trinajstić information content (AvgIpc) is 3.13. The number of halogens is 3. The van der Waals surface area contributed by atoms with Crippen LogP contribution >= 0.6 is 0 Å². The van der Waals surface area contributed by atoms with E-state index in [4.69, 9.17) is 4.42 Å². The third-order valence-corrected chi connectivity index (χ3v) is 4.27. The van der Waals surface area contributed by atoms with Crippen molar-refractivity contribution >= 4 is 33.9 Å². The third-order valence-electron chi connectivity index (χ3n) is 4.27. The van der Waals surface area contributed by atoms with Crippen LogP contribution in [0.2, 0.25) is 0 Å². The smallest absolute Gasteiger partial charge is 0.416 e. The predicted molar refractivity (Wildman–Crippen MR) is 100 cm³/mol. The van der Waals surface area contributed by atoms with Crippen LogP contribution in [-0.4, -0.2) is 12.1 Å². The fourth-order valence-corrected chi connectivity index (χ4v) is 2.88. The normalized spacial score (nSPS) is 12.1. The molecule has 0 radical (unpaired) electrons. The molecule has 0 bridgehead atoms. The number of furan rings is 1. The fraction of sp³-hybridized carbons (Fsp3) is 0.0476. The number of fused-ring (bicyclic) bond motifs is 3. The van der Waals surface area contributed by atoms with Gasteiger partial charge in [-0.2, -0.15) is 18.3 Å². The van der Waals surface area contributed by atoms with Crippen LogP contribution in [0.4, 0.5) is 13.2 Å². The van der Waals surface area contributed by atoms with E-state index >= 15 is 0 Å². The van der Waals surface area contributed by atoms with Gasteiger partial charge in [0.25, 0.3) is 0 Å². The molecule has 0 saturated carbocycles. The first-order valence-electron chi connectivity index (χ1n) is 8.34. The lowest BCUT2D eigenvalue weighted by Gasteiger charge is -2.05. The lowest BCUT2D eigenvalue weighted by molar-refractivity contribution is -0.137. The Morgan fingerprint density at radius 2 is 1.71 bits per heavy atom. The summed E-state index contributed by atoms with van der Waals surface area (Å²) in [5.41, 5.74) is 2.57. The van der Waals surface area contributed by atoms with Gasteiger partial charge in [0.2, 0.25) is 0 Å². The molecule has 7 heteroatoms. The van der Waals surface area contributed by atoms with Crippen molar-refractivity contribution in [1.82, 2.24) is 5.43 Å². The number of hydrazone groups is 1. The molecule has 3 aromatic carbocycles. The minimum atomic E-state index is -4.39. The van der Waals surface area contributed by atoms with Crippen LogP contribution in [0, 0.1) is 0 Å². The summed E-state index contributed by atoms with van der Waals surface area (Å²) in [6.07, 6.45) is -3.13. The summed E-state index contributed by atoms with van der Waals surface area (Å²) >= 11 is 0. The van der Waals surface area contributed by atoms with Gasteiger partial charge in [0.05, 0.1) is 11.8 Å². The van der Waals surface area contributed by atoms with Crippen LogP contribution in [0.15, 0.2) is 76.2 Å². The van der Waals surface area contributed by atoms with E-state index in [1.165, 1.54) is 18.3 Å². The molecule has 0 spiro atoms. The summed E-state index contributed by atoms with van der Waals surface area (Å²) < 4.78 is 43.2. The maximum Gasteiger partial charge on any atom is 0.416 e. The number of benzene rings is 3. The minimum absolute atomic E-state index is 0.0934. The second-order valence-corrected chi connectivity index (χ2v) is 6.13. The van der Waals surface area contributed by atoms with Crippen molar-refractivity contribution in [2.75, 3.05) is 0 Å². The number of rotatable bonds is 3. The van der Waals surface area contributed by atoms with E-state index in [0.717, 1.165) is 28.3 Å². The Kier molecular flexibility index (Phi) is 4.35. The van der Waals surface area contributed by atoms with Crippen LogP contribution in [0.25, 0.3) is 21.7 Å². The zero-order valence-electron chi connectivity index (χ0n) is 14.3. The zero-order chi connectivity index (χ0) is 19.7. The summed E-state index contributed by atoms with van der Waals surface area (Å²) in [6.45, 7) is 0. The molecule has 0 aliphatic carbocycles. The molecule has 4 aromatic rings. The first-order valence-corrected chi connectivity index (χ1v) is 8.34. The molecule has 1 amide bonds. The van der Waals surface area contributed by atoms with Gasteiger partial charge in [-0.05, 0) is 40.6 Å². The topological polar surface area (TPSA) is 54.6 Å². The lowest BCUT2D eigenvalue weighted by Crippen LogP contribution is -2.16. The van der Waals surface area contributed by atoms with Crippen LogP contribution < -0.4 is 5.43 Å². The highest BCUT2D eigenvalue weighted by Crippen LogP contribution is 2.29. The molecular weight excluding hydrogens is 369 g/mol. The summed E-state index contributed by atoms with van der Waals surface area (Å²) in [4.78, 5) is 12.3. The zero-order valence-corrected chi connectivity index (χ0v) is 14.3. The largest absolute Gasteiger partial charge is 0.451 e. The molecule has 28 heavy (non-hydrogen) atoms. The van der Waals surface area contributed by atoms with E-state index in [1.54, 1.807) is 12.1 Å². The second kappa shape index (κ2) is 6.84. The molecule has 0 aliphatic heterocycles. The lowest BCUT2D eigenvalue weighted by atomic mass is 10.1. The van der Waals surface area contributed by atoms with Crippen LogP contribution in [0.5, 0.6) is 0 Å². The SMILES string of the molecule is O=C(N/N=C/c1ccc(C(F)(F)F)cc1)c1cc2c(ccc3ccccc32)o1. The minimum Gasteiger partial charge on any atom is -0.451 e. The molecule has 0 saturated heterocycles. The summed E-state index contributed by atoms with van der Waals surface area (Å²) in [5.74, 6) is -0.459. The summed E-state index contributed by atoms with van der Waals surface area (Å²) in [6, 6.07) is 17.5. The van der Waals surface area contributed by atoms with Crippen molar-refractivity contribution in [2.45, 2.75) is 6.18 Å².